The van der Waals surface area contributed by atoms with Crippen LogP contribution >= 0.6 is 11.6 Å². The molecule has 0 aliphatic heterocycles. The van der Waals surface area contributed by atoms with E-state index in [1.54, 1.807) is 48.5 Å². The molecule has 1 heterocycles. The topological polar surface area (TPSA) is 68.5 Å². The largest absolute Gasteiger partial charge is 0.495 e. The smallest absolute Gasteiger partial charge is 0.248 e. The molecular formula is C20H16ClNO4. The fourth-order valence-electron chi connectivity index (χ4n) is 2.47. The van der Waals surface area contributed by atoms with Crippen LogP contribution in [0.1, 0.15) is 23.0 Å². The van der Waals surface area contributed by atoms with Crippen LogP contribution in [0.25, 0.3) is 17.0 Å². The van der Waals surface area contributed by atoms with E-state index in [0.717, 1.165) is 5.39 Å². The van der Waals surface area contributed by atoms with Gasteiger partial charge in [-0.05, 0) is 55.5 Å². The van der Waals surface area contributed by atoms with Crippen molar-refractivity contribution in [3.8, 4) is 5.75 Å². The number of halogens is 1. The highest BCUT2D eigenvalue weighted by atomic mass is 35.5. The molecule has 0 spiro atoms. The van der Waals surface area contributed by atoms with Gasteiger partial charge in [0.05, 0.1) is 12.8 Å². The second-order valence-corrected chi connectivity index (χ2v) is 6.06. The molecule has 6 heteroatoms. The number of Topliss-reactive ketones (excluding diaryl/α,β-unsaturated/α-hetero) is 1. The first-order valence-corrected chi connectivity index (χ1v) is 8.21. The van der Waals surface area contributed by atoms with Crippen LogP contribution in [0.3, 0.4) is 0 Å². The molecule has 0 saturated heterocycles. The van der Waals surface area contributed by atoms with E-state index in [1.165, 1.54) is 20.1 Å². The number of hydrogen-bond acceptors (Lipinski definition) is 4. The predicted molar refractivity (Wildman–Crippen MR) is 102 cm³/mol. The van der Waals surface area contributed by atoms with E-state index >= 15 is 0 Å². The van der Waals surface area contributed by atoms with Crippen molar-refractivity contribution in [2.45, 2.75) is 6.92 Å². The van der Waals surface area contributed by atoms with Gasteiger partial charge in [0.15, 0.2) is 5.78 Å². The van der Waals surface area contributed by atoms with Gasteiger partial charge in [-0.3, -0.25) is 9.59 Å². The first-order chi connectivity index (χ1) is 12.5. The average Bonchev–Trinajstić information content (AvgIpc) is 3.01. The number of ether oxygens (including phenoxy) is 1. The molecule has 3 rings (SSSR count). The number of methoxy groups -OCH3 is 1. The molecule has 1 amide bonds. The molecule has 0 saturated carbocycles. The Morgan fingerprint density at radius 2 is 1.96 bits per heavy atom. The van der Waals surface area contributed by atoms with E-state index in [1.807, 2.05) is 0 Å². The van der Waals surface area contributed by atoms with Crippen molar-refractivity contribution < 1.29 is 18.7 Å². The molecule has 1 N–H and O–H groups in total. The molecule has 3 aromatic rings. The molecule has 0 radical (unpaired) electrons. The van der Waals surface area contributed by atoms with Crippen LogP contribution in [-0.4, -0.2) is 18.8 Å². The van der Waals surface area contributed by atoms with E-state index in [2.05, 4.69) is 5.32 Å². The second kappa shape index (κ2) is 7.45. The molecule has 0 atom stereocenters. The number of furan rings is 1. The summed E-state index contributed by atoms with van der Waals surface area (Å²) in [5.74, 6) is 0.527. The number of carbonyl (C=O) groups is 2. The van der Waals surface area contributed by atoms with Crippen molar-refractivity contribution in [1.29, 1.82) is 0 Å². The lowest BCUT2D eigenvalue weighted by Gasteiger charge is -2.10. The van der Waals surface area contributed by atoms with Gasteiger partial charge in [-0.15, -0.1) is 0 Å². The summed E-state index contributed by atoms with van der Waals surface area (Å²) in [5.41, 5.74) is 1.59. The van der Waals surface area contributed by atoms with Crippen molar-refractivity contribution in [3.63, 3.8) is 0 Å². The first-order valence-electron chi connectivity index (χ1n) is 7.83. The minimum atomic E-state index is -0.373. The number of amides is 1. The van der Waals surface area contributed by atoms with Crippen LogP contribution in [0.2, 0.25) is 5.02 Å². The van der Waals surface area contributed by atoms with Crippen LogP contribution in [0.4, 0.5) is 5.69 Å². The van der Waals surface area contributed by atoms with Crippen LogP contribution < -0.4 is 10.1 Å². The Morgan fingerprint density at radius 3 is 2.69 bits per heavy atom. The summed E-state index contributed by atoms with van der Waals surface area (Å²) >= 11 is 5.95. The van der Waals surface area contributed by atoms with E-state index in [-0.39, 0.29) is 11.7 Å². The number of nitrogens with one attached hydrogen (secondary N) is 1. The third-order valence-electron chi connectivity index (χ3n) is 3.76. The zero-order valence-corrected chi connectivity index (χ0v) is 15.0. The molecule has 0 fully saturated rings. The maximum Gasteiger partial charge on any atom is 0.248 e. The molecule has 132 valence electrons. The minimum Gasteiger partial charge on any atom is -0.495 e. The Bertz CT molecular complexity index is 1020. The lowest BCUT2D eigenvalue weighted by molar-refractivity contribution is -0.111. The summed E-state index contributed by atoms with van der Waals surface area (Å²) in [6.45, 7) is 1.46. The number of carbonyl (C=O) groups excluding carboxylic acids is 2. The van der Waals surface area contributed by atoms with Gasteiger partial charge in [-0.2, -0.15) is 0 Å². The number of ketones is 1. The SMILES string of the molecule is COc1ccc(C(C)=O)cc1NC(=O)C=Cc1cc2cc(Cl)ccc2o1. The summed E-state index contributed by atoms with van der Waals surface area (Å²) in [7, 11) is 1.49. The van der Waals surface area contributed by atoms with Gasteiger partial charge in [0, 0.05) is 22.0 Å². The molecule has 5 nitrogen and oxygen atoms in total. The van der Waals surface area contributed by atoms with Crippen LogP contribution in [0.5, 0.6) is 5.75 Å². The summed E-state index contributed by atoms with van der Waals surface area (Å²) in [5, 5.41) is 4.17. The zero-order valence-electron chi connectivity index (χ0n) is 14.2. The molecule has 0 unspecified atom stereocenters. The minimum absolute atomic E-state index is 0.0976. The predicted octanol–water partition coefficient (Wildman–Crippen LogP) is 4.95. The third kappa shape index (κ3) is 3.95. The number of fused-ring (bicyclic) bond motifs is 1. The molecule has 26 heavy (non-hydrogen) atoms. The highest BCUT2D eigenvalue weighted by Crippen LogP contribution is 2.26. The molecule has 1 aromatic heterocycles. The lowest BCUT2D eigenvalue weighted by atomic mass is 10.1. The fourth-order valence-corrected chi connectivity index (χ4v) is 2.65. The lowest BCUT2D eigenvalue weighted by Crippen LogP contribution is -2.09. The van der Waals surface area contributed by atoms with Crippen molar-refractivity contribution in [1.82, 2.24) is 0 Å². The van der Waals surface area contributed by atoms with Crippen LogP contribution in [0.15, 0.2) is 53.0 Å². The van der Waals surface area contributed by atoms with Crippen LogP contribution in [0, 0.1) is 0 Å². The Kier molecular flexibility index (Phi) is 5.09. The monoisotopic (exact) mass is 369 g/mol. The molecule has 0 aliphatic carbocycles. The van der Waals surface area contributed by atoms with E-state index in [4.69, 9.17) is 20.8 Å². The summed E-state index contributed by atoms with van der Waals surface area (Å²) in [4.78, 5) is 23.7. The summed E-state index contributed by atoms with van der Waals surface area (Å²) in [6.07, 6.45) is 2.91. The van der Waals surface area contributed by atoms with Crippen molar-refractivity contribution in [3.05, 3.63) is 64.9 Å². The second-order valence-electron chi connectivity index (χ2n) is 5.62. The van der Waals surface area contributed by atoms with E-state index in [9.17, 15) is 9.59 Å². The number of rotatable bonds is 5. The average molecular weight is 370 g/mol. The normalized spacial score (nSPS) is 11.0. The van der Waals surface area contributed by atoms with Gasteiger partial charge in [-0.1, -0.05) is 11.6 Å². The maximum atomic E-state index is 12.2. The molecule has 2 aromatic carbocycles. The van der Waals surface area contributed by atoms with Gasteiger partial charge in [0.25, 0.3) is 0 Å². The Balaban J connectivity index is 1.78. The standard InChI is InChI=1S/C20H16ClNO4/c1-12(23)13-3-6-19(25-2)17(11-13)22-20(24)8-5-16-10-14-9-15(21)4-7-18(14)26-16/h3-11H,1-2H3,(H,22,24). The van der Waals surface area contributed by atoms with Gasteiger partial charge in [0.2, 0.25) is 5.91 Å². The Morgan fingerprint density at radius 1 is 1.15 bits per heavy atom. The first kappa shape index (κ1) is 17.8. The van der Waals surface area contributed by atoms with Crippen molar-refractivity contribution >= 4 is 46.0 Å². The van der Waals surface area contributed by atoms with Gasteiger partial charge >= 0.3 is 0 Å². The molecule has 0 bridgehead atoms. The highest BCUT2D eigenvalue weighted by Gasteiger charge is 2.09. The maximum absolute atomic E-state index is 12.2. The van der Waals surface area contributed by atoms with E-state index < -0.39 is 0 Å². The quantitative estimate of drug-likeness (QED) is 0.510. The third-order valence-corrected chi connectivity index (χ3v) is 4.00. The van der Waals surface area contributed by atoms with Crippen LogP contribution in [-0.2, 0) is 4.79 Å². The molecular weight excluding hydrogens is 354 g/mol. The van der Waals surface area contributed by atoms with Crippen molar-refractivity contribution in [2.24, 2.45) is 0 Å². The summed E-state index contributed by atoms with van der Waals surface area (Å²) < 4.78 is 10.8. The fraction of sp³-hybridized carbons (Fsp3) is 0.100. The Hall–Kier alpha value is -3.05. The van der Waals surface area contributed by atoms with E-state index in [0.29, 0.717) is 33.4 Å². The summed E-state index contributed by atoms with van der Waals surface area (Å²) in [6, 6.07) is 12.0. The zero-order chi connectivity index (χ0) is 18.7. The van der Waals surface area contributed by atoms with Crippen molar-refractivity contribution in [2.75, 3.05) is 12.4 Å². The van der Waals surface area contributed by atoms with Gasteiger partial charge < -0.3 is 14.5 Å². The molecule has 0 aliphatic rings. The Labute approximate surface area is 155 Å². The van der Waals surface area contributed by atoms with Gasteiger partial charge in [0.1, 0.15) is 17.1 Å². The van der Waals surface area contributed by atoms with Gasteiger partial charge in [-0.25, -0.2) is 0 Å². The number of hydrogen-bond donors (Lipinski definition) is 1. The highest BCUT2D eigenvalue weighted by molar-refractivity contribution is 6.31. The number of anilines is 1. The number of benzene rings is 2.